The summed E-state index contributed by atoms with van der Waals surface area (Å²) < 4.78 is 61.6. The Balaban J connectivity index is 2.15. The van der Waals surface area contributed by atoms with Crippen LogP contribution in [0, 0.1) is 5.82 Å². The molecule has 0 N–H and O–H groups in total. The van der Waals surface area contributed by atoms with Gasteiger partial charge in [0.2, 0.25) is 10.0 Å². The van der Waals surface area contributed by atoms with Crippen molar-refractivity contribution in [2.75, 3.05) is 19.3 Å². The normalized spacial score (nSPS) is 19.1. The molecule has 5 nitrogen and oxygen atoms in total. The maximum absolute atomic E-state index is 12.8. The Bertz CT molecular complexity index is 675. The zero-order chi connectivity index (χ0) is 15.0. The molecule has 112 valence electrons. The van der Waals surface area contributed by atoms with Gasteiger partial charge < -0.3 is 0 Å². The fraction of sp³-hybridized carbons (Fsp3) is 0.500. The van der Waals surface area contributed by atoms with E-state index in [0.29, 0.717) is 0 Å². The molecule has 0 unspecified atom stereocenters. The van der Waals surface area contributed by atoms with Crippen molar-refractivity contribution in [3.05, 3.63) is 30.1 Å². The molecular formula is C12H16FNO4S2. The second-order valence-corrected chi connectivity index (χ2v) is 9.07. The Hall–Kier alpha value is -0.990. The lowest BCUT2D eigenvalue weighted by Crippen LogP contribution is -2.41. The van der Waals surface area contributed by atoms with Gasteiger partial charge in [-0.3, -0.25) is 0 Å². The predicted octanol–water partition coefficient (Wildman–Crippen LogP) is 1.02. The zero-order valence-corrected chi connectivity index (χ0v) is 12.6. The third-order valence-electron chi connectivity index (χ3n) is 3.45. The third kappa shape index (κ3) is 3.18. The van der Waals surface area contributed by atoms with Crippen LogP contribution in [0.15, 0.2) is 29.2 Å². The summed E-state index contributed by atoms with van der Waals surface area (Å²) in [5.41, 5.74) is 0. The lowest BCUT2D eigenvalue weighted by atomic mass is 10.2. The minimum atomic E-state index is -3.54. The molecule has 20 heavy (non-hydrogen) atoms. The molecule has 1 heterocycles. The van der Waals surface area contributed by atoms with Gasteiger partial charge in [0.15, 0.2) is 9.84 Å². The van der Waals surface area contributed by atoms with Gasteiger partial charge in [-0.2, -0.15) is 0 Å². The fourth-order valence-corrected chi connectivity index (χ4v) is 4.90. The standard InChI is InChI=1S/C12H16FNO4S2/c1-19(15,16)14-8-6-12(7-9-14)20(17,18)11-4-2-10(13)3-5-11/h2-5,12H,6-9H2,1H3. The summed E-state index contributed by atoms with van der Waals surface area (Å²) in [6.45, 7) is 0.397. The smallest absolute Gasteiger partial charge is 0.211 e. The molecule has 0 amide bonds. The SMILES string of the molecule is CS(=O)(=O)N1CCC(S(=O)(=O)c2ccc(F)cc2)CC1. The van der Waals surface area contributed by atoms with Crippen molar-refractivity contribution in [1.82, 2.24) is 4.31 Å². The molecular weight excluding hydrogens is 305 g/mol. The number of nitrogens with zero attached hydrogens (tertiary/aromatic N) is 1. The maximum atomic E-state index is 12.8. The molecule has 1 aromatic rings. The second kappa shape index (κ2) is 5.42. The fourth-order valence-electron chi connectivity index (χ4n) is 2.29. The van der Waals surface area contributed by atoms with Crippen molar-refractivity contribution in [2.45, 2.75) is 23.0 Å². The van der Waals surface area contributed by atoms with Crippen LogP contribution in [-0.2, 0) is 19.9 Å². The summed E-state index contributed by atoms with van der Waals surface area (Å²) >= 11 is 0. The Kier molecular flexibility index (Phi) is 4.17. The molecule has 0 radical (unpaired) electrons. The van der Waals surface area contributed by atoms with E-state index in [4.69, 9.17) is 0 Å². The van der Waals surface area contributed by atoms with E-state index in [1.807, 2.05) is 0 Å². The molecule has 1 fully saturated rings. The quantitative estimate of drug-likeness (QED) is 0.779. The summed E-state index contributed by atoms with van der Waals surface area (Å²) in [7, 11) is -6.81. The lowest BCUT2D eigenvalue weighted by Gasteiger charge is -2.29. The lowest BCUT2D eigenvalue weighted by molar-refractivity contribution is 0.348. The van der Waals surface area contributed by atoms with Crippen molar-refractivity contribution >= 4 is 19.9 Å². The van der Waals surface area contributed by atoms with Gasteiger partial charge in [-0.05, 0) is 37.1 Å². The number of hydrogen-bond acceptors (Lipinski definition) is 4. The number of rotatable bonds is 3. The Morgan fingerprint density at radius 2 is 1.55 bits per heavy atom. The van der Waals surface area contributed by atoms with E-state index in [1.54, 1.807) is 0 Å². The minimum Gasteiger partial charge on any atom is -0.223 e. The van der Waals surface area contributed by atoms with Crippen molar-refractivity contribution < 1.29 is 21.2 Å². The second-order valence-electron chi connectivity index (χ2n) is 4.86. The van der Waals surface area contributed by atoms with Crippen LogP contribution in [-0.4, -0.2) is 45.7 Å². The third-order valence-corrected chi connectivity index (χ3v) is 7.03. The van der Waals surface area contributed by atoms with E-state index in [1.165, 1.54) is 16.4 Å². The first kappa shape index (κ1) is 15.4. The molecule has 1 aliphatic rings. The summed E-state index contributed by atoms with van der Waals surface area (Å²) in [6.07, 6.45) is 1.63. The average molecular weight is 321 g/mol. The number of benzene rings is 1. The van der Waals surface area contributed by atoms with E-state index >= 15 is 0 Å². The monoisotopic (exact) mass is 321 g/mol. The van der Waals surface area contributed by atoms with Crippen molar-refractivity contribution in [1.29, 1.82) is 0 Å². The van der Waals surface area contributed by atoms with Crippen molar-refractivity contribution in [2.24, 2.45) is 0 Å². The van der Waals surface area contributed by atoms with E-state index in [0.717, 1.165) is 18.4 Å². The number of halogens is 1. The number of hydrogen-bond donors (Lipinski definition) is 0. The summed E-state index contributed by atoms with van der Waals surface area (Å²) in [6, 6.07) is 4.71. The maximum Gasteiger partial charge on any atom is 0.211 e. The van der Waals surface area contributed by atoms with Gasteiger partial charge in [-0.1, -0.05) is 0 Å². The topological polar surface area (TPSA) is 71.5 Å². The highest BCUT2D eigenvalue weighted by molar-refractivity contribution is 7.92. The van der Waals surface area contributed by atoms with Crippen LogP contribution in [0.4, 0.5) is 4.39 Å². The molecule has 0 aliphatic carbocycles. The van der Waals surface area contributed by atoms with Gasteiger partial charge in [0.1, 0.15) is 5.82 Å². The van der Waals surface area contributed by atoms with Gasteiger partial charge >= 0.3 is 0 Å². The first-order valence-corrected chi connectivity index (χ1v) is 9.55. The van der Waals surface area contributed by atoms with Crippen LogP contribution in [0.3, 0.4) is 0 Å². The highest BCUT2D eigenvalue weighted by atomic mass is 32.2. The van der Waals surface area contributed by atoms with E-state index in [-0.39, 0.29) is 30.8 Å². The zero-order valence-electron chi connectivity index (χ0n) is 11.0. The molecule has 0 saturated carbocycles. The number of piperidine rings is 1. The molecule has 1 aromatic carbocycles. The van der Waals surface area contributed by atoms with Crippen LogP contribution in [0.25, 0.3) is 0 Å². The molecule has 0 aromatic heterocycles. The van der Waals surface area contributed by atoms with E-state index in [9.17, 15) is 21.2 Å². The van der Waals surface area contributed by atoms with Crippen LogP contribution in [0.5, 0.6) is 0 Å². The van der Waals surface area contributed by atoms with Gasteiger partial charge in [-0.25, -0.2) is 25.5 Å². The molecule has 0 atom stereocenters. The summed E-state index contributed by atoms with van der Waals surface area (Å²) in [5, 5.41) is -0.619. The van der Waals surface area contributed by atoms with Gasteiger partial charge in [0.25, 0.3) is 0 Å². The highest BCUT2D eigenvalue weighted by Gasteiger charge is 2.33. The van der Waals surface area contributed by atoms with Crippen LogP contribution in [0.2, 0.25) is 0 Å². The van der Waals surface area contributed by atoms with Crippen LogP contribution < -0.4 is 0 Å². The Morgan fingerprint density at radius 3 is 2.00 bits per heavy atom. The first-order valence-electron chi connectivity index (χ1n) is 6.16. The predicted molar refractivity (Wildman–Crippen MR) is 73.0 cm³/mol. The molecule has 1 aliphatic heterocycles. The first-order chi connectivity index (χ1) is 9.21. The Labute approximate surface area is 118 Å². The highest BCUT2D eigenvalue weighted by Crippen LogP contribution is 2.25. The van der Waals surface area contributed by atoms with Gasteiger partial charge in [0.05, 0.1) is 16.4 Å². The van der Waals surface area contributed by atoms with Crippen molar-refractivity contribution in [3.8, 4) is 0 Å². The van der Waals surface area contributed by atoms with Crippen LogP contribution >= 0.6 is 0 Å². The van der Waals surface area contributed by atoms with Gasteiger partial charge in [-0.15, -0.1) is 0 Å². The van der Waals surface area contributed by atoms with E-state index < -0.39 is 30.9 Å². The summed E-state index contributed by atoms with van der Waals surface area (Å²) in [5.74, 6) is -0.490. The molecule has 0 spiro atoms. The summed E-state index contributed by atoms with van der Waals surface area (Å²) in [4.78, 5) is 0.0803. The molecule has 1 saturated heterocycles. The number of sulfone groups is 1. The van der Waals surface area contributed by atoms with Gasteiger partial charge in [0, 0.05) is 13.1 Å². The number of sulfonamides is 1. The molecule has 2 rings (SSSR count). The molecule has 0 bridgehead atoms. The Morgan fingerprint density at radius 1 is 1.05 bits per heavy atom. The minimum absolute atomic E-state index is 0.0803. The average Bonchev–Trinajstić information content (AvgIpc) is 2.38. The molecule has 8 heteroatoms. The van der Waals surface area contributed by atoms with Crippen LogP contribution in [0.1, 0.15) is 12.8 Å². The van der Waals surface area contributed by atoms with E-state index in [2.05, 4.69) is 0 Å². The van der Waals surface area contributed by atoms with Crippen molar-refractivity contribution in [3.63, 3.8) is 0 Å². The largest absolute Gasteiger partial charge is 0.223 e.